The average Bonchev–Trinajstić information content (AvgIpc) is 2.11. The molecular formula is C12H24O3. The van der Waals surface area contributed by atoms with Crippen LogP contribution in [0.5, 0.6) is 0 Å². The largest absolute Gasteiger partial charge is 0.393 e. The molecule has 3 heteroatoms. The first-order valence-corrected chi connectivity index (χ1v) is 5.91. The maximum Gasteiger partial charge on any atom is 0.0707 e. The highest BCUT2D eigenvalue weighted by Gasteiger charge is 2.20. The zero-order valence-corrected chi connectivity index (χ0v) is 10.2. The van der Waals surface area contributed by atoms with Crippen LogP contribution in [0.15, 0.2) is 0 Å². The third-order valence-corrected chi connectivity index (χ3v) is 2.57. The van der Waals surface area contributed by atoms with E-state index in [0.717, 1.165) is 25.7 Å². The first kappa shape index (κ1) is 12.9. The van der Waals surface area contributed by atoms with Gasteiger partial charge in [0.1, 0.15) is 0 Å². The van der Waals surface area contributed by atoms with E-state index in [0.29, 0.717) is 13.2 Å². The summed E-state index contributed by atoms with van der Waals surface area (Å²) in [6.07, 6.45) is 3.94. The third kappa shape index (κ3) is 6.13. The summed E-state index contributed by atoms with van der Waals surface area (Å²) in [7, 11) is 0. The first-order valence-electron chi connectivity index (χ1n) is 5.91. The van der Waals surface area contributed by atoms with Gasteiger partial charge in [0, 0.05) is 0 Å². The molecular weight excluding hydrogens is 192 g/mol. The van der Waals surface area contributed by atoms with Crippen molar-refractivity contribution in [2.45, 2.75) is 64.3 Å². The number of ether oxygens (including phenoxy) is 2. The molecule has 1 aliphatic rings. The zero-order chi connectivity index (χ0) is 11.3. The number of hydrogen-bond donors (Lipinski definition) is 1. The van der Waals surface area contributed by atoms with Crippen LogP contribution in [0.2, 0.25) is 0 Å². The number of hydrogen-bond acceptors (Lipinski definition) is 3. The Kier molecular flexibility index (Phi) is 5.03. The Bertz CT molecular complexity index is 174. The van der Waals surface area contributed by atoms with Gasteiger partial charge in [-0.25, -0.2) is 0 Å². The Morgan fingerprint density at radius 3 is 2.53 bits per heavy atom. The first-order chi connectivity index (χ1) is 6.97. The second-order valence-electron chi connectivity index (χ2n) is 5.27. The molecule has 0 saturated heterocycles. The zero-order valence-electron chi connectivity index (χ0n) is 10.2. The summed E-state index contributed by atoms with van der Waals surface area (Å²) >= 11 is 0. The summed E-state index contributed by atoms with van der Waals surface area (Å²) in [5, 5.41) is 9.45. The highest BCUT2D eigenvalue weighted by molar-refractivity contribution is 4.72. The standard InChI is InChI=1S/C12H24O3/c1-12(2,3)15-8-7-14-11-6-4-5-10(13)9-11/h10-11,13H,4-9H2,1-3H3. The third-order valence-electron chi connectivity index (χ3n) is 2.57. The maximum atomic E-state index is 9.45. The molecule has 0 spiro atoms. The highest BCUT2D eigenvalue weighted by Crippen LogP contribution is 2.20. The normalized spacial score (nSPS) is 28.0. The number of aliphatic hydroxyl groups excluding tert-OH is 1. The maximum absolute atomic E-state index is 9.45. The molecule has 1 aliphatic carbocycles. The van der Waals surface area contributed by atoms with Crippen molar-refractivity contribution in [3.63, 3.8) is 0 Å². The van der Waals surface area contributed by atoms with Crippen molar-refractivity contribution in [3.8, 4) is 0 Å². The monoisotopic (exact) mass is 216 g/mol. The molecule has 1 rings (SSSR count). The summed E-state index contributed by atoms with van der Waals surface area (Å²) in [5.41, 5.74) is -0.0879. The lowest BCUT2D eigenvalue weighted by Crippen LogP contribution is -2.28. The van der Waals surface area contributed by atoms with Crippen molar-refractivity contribution < 1.29 is 14.6 Å². The Hall–Kier alpha value is -0.120. The quantitative estimate of drug-likeness (QED) is 0.732. The summed E-state index contributed by atoms with van der Waals surface area (Å²) in [4.78, 5) is 0. The Balaban J connectivity index is 2.04. The molecule has 1 N–H and O–H groups in total. The van der Waals surface area contributed by atoms with Crippen LogP contribution in [0.1, 0.15) is 46.5 Å². The molecule has 90 valence electrons. The minimum absolute atomic E-state index is 0.0879. The molecule has 1 fully saturated rings. The molecule has 0 radical (unpaired) electrons. The van der Waals surface area contributed by atoms with Crippen LogP contribution in [0.4, 0.5) is 0 Å². The number of aliphatic hydroxyl groups is 1. The van der Waals surface area contributed by atoms with Gasteiger partial charge in [-0.15, -0.1) is 0 Å². The second-order valence-corrected chi connectivity index (χ2v) is 5.27. The SMILES string of the molecule is CC(C)(C)OCCOC1CCCC(O)C1. The van der Waals surface area contributed by atoms with Crippen LogP contribution < -0.4 is 0 Å². The van der Waals surface area contributed by atoms with Gasteiger partial charge in [0.25, 0.3) is 0 Å². The van der Waals surface area contributed by atoms with Gasteiger partial charge in [-0.05, 0) is 46.5 Å². The second kappa shape index (κ2) is 5.83. The Morgan fingerprint density at radius 2 is 1.93 bits per heavy atom. The molecule has 0 bridgehead atoms. The van der Waals surface area contributed by atoms with Gasteiger partial charge in [0.05, 0.1) is 31.0 Å². The van der Waals surface area contributed by atoms with Gasteiger partial charge >= 0.3 is 0 Å². The summed E-state index contributed by atoms with van der Waals surface area (Å²) in [6.45, 7) is 7.39. The average molecular weight is 216 g/mol. The van der Waals surface area contributed by atoms with Crippen molar-refractivity contribution in [2.24, 2.45) is 0 Å². The van der Waals surface area contributed by atoms with Crippen molar-refractivity contribution >= 4 is 0 Å². The van der Waals surface area contributed by atoms with Gasteiger partial charge in [0.15, 0.2) is 0 Å². The minimum atomic E-state index is -0.160. The van der Waals surface area contributed by atoms with Gasteiger partial charge in [-0.2, -0.15) is 0 Å². The smallest absolute Gasteiger partial charge is 0.0707 e. The fourth-order valence-electron chi connectivity index (χ4n) is 1.83. The fourth-order valence-corrected chi connectivity index (χ4v) is 1.83. The van der Waals surface area contributed by atoms with E-state index >= 15 is 0 Å². The van der Waals surface area contributed by atoms with Gasteiger partial charge < -0.3 is 14.6 Å². The van der Waals surface area contributed by atoms with Crippen molar-refractivity contribution in [2.75, 3.05) is 13.2 Å². The van der Waals surface area contributed by atoms with E-state index in [9.17, 15) is 5.11 Å². The summed E-state index contributed by atoms with van der Waals surface area (Å²) < 4.78 is 11.2. The molecule has 2 unspecified atom stereocenters. The molecule has 0 amide bonds. The summed E-state index contributed by atoms with van der Waals surface area (Å²) in [6, 6.07) is 0. The Labute approximate surface area is 92.8 Å². The van der Waals surface area contributed by atoms with Crippen LogP contribution in [-0.4, -0.2) is 36.1 Å². The van der Waals surface area contributed by atoms with Crippen molar-refractivity contribution in [3.05, 3.63) is 0 Å². The molecule has 1 saturated carbocycles. The van der Waals surface area contributed by atoms with Crippen LogP contribution >= 0.6 is 0 Å². The predicted octanol–water partition coefficient (Wildman–Crippen LogP) is 2.12. The summed E-state index contributed by atoms with van der Waals surface area (Å²) in [5.74, 6) is 0. The molecule has 15 heavy (non-hydrogen) atoms. The lowest BCUT2D eigenvalue weighted by Gasteiger charge is -2.26. The van der Waals surface area contributed by atoms with Gasteiger partial charge in [-0.3, -0.25) is 0 Å². The van der Waals surface area contributed by atoms with Crippen LogP contribution in [0.3, 0.4) is 0 Å². The van der Waals surface area contributed by atoms with E-state index in [1.807, 2.05) is 20.8 Å². The van der Waals surface area contributed by atoms with E-state index in [4.69, 9.17) is 9.47 Å². The van der Waals surface area contributed by atoms with Crippen LogP contribution in [-0.2, 0) is 9.47 Å². The van der Waals surface area contributed by atoms with Gasteiger partial charge in [0.2, 0.25) is 0 Å². The molecule has 0 aromatic rings. The molecule has 0 aromatic heterocycles. The van der Waals surface area contributed by atoms with Crippen LogP contribution in [0, 0.1) is 0 Å². The molecule has 2 atom stereocenters. The predicted molar refractivity (Wildman–Crippen MR) is 59.9 cm³/mol. The van der Waals surface area contributed by atoms with E-state index in [-0.39, 0.29) is 17.8 Å². The van der Waals surface area contributed by atoms with E-state index < -0.39 is 0 Å². The van der Waals surface area contributed by atoms with E-state index in [1.54, 1.807) is 0 Å². The molecule has 0 aromatic carbocycles. The lowest BCUT2D eigenvalue weighted by molar-refractivity contribution is -0.0688. The molecule has 0 aliphatic heterocycles. The van der Waals surface area contributed by atoms with E-state index in [1.165, 1.54) is 0 Å². The molecule has 0 heterocycles. The van der Waals surface area contributed by atoms with Crippen molar-refractivity contribution in [1.29, 1.82) is 0 Å². The topological polar surface area (TPSA) is 38.7 Å². The molecule has 3 nitrogen and oxygen atoms in total. The Morgan fingerprint density at radius 1 is 1.20 bits per heavy atom. The highest BCUT2D eigenvalue weighted by atomic mass is 16.5. The van der Waals surface area contributed by atoms with Gasteiger partial charge in [-0.1, -0.05) is 0 Å². The fraction of sp³-hybridized carbons (Fsp3) is 1.00. The number of rotatable bonds is 4. The van der Waals surface area contributed by atoms with Crippen LogP contribution in [0.25, 0.3) is 0 Å². The minimum Gasteiger partial charge on any atom is -0.393 e. The van der Waals surface area contributed by atoms with E-state index in [2.05, 4.69) is 0 Å². The van der Waals surface area contributed by atoms with Crippen molar-refractivity contribution in [1.82, 2.24) is 0 Å². The lowest BCUT2D eigenvalue weighted by atomic mass is 9.95.